The fourth-order valence-corrected chi connectivity index (χ4v) is 2.50. The molecule has 1 aromatic heterocycles. The molecule has 0 aliphatic rings. The summed E-state index contributed by atoms with van der Waals surface area (Å²) in [6.07, 6.45) is -0.463. The maximum Gasteiger partial charge on any atom is 0.311 e. The van der Waals surface area contributed by atoms with Crippen LogP contribution < -0.4 is 9.47 Å². The Hall–Kier alpha value is -1.85. The molecule has 0 spiro atoms. The van der Waals surface area contributed by atoms with Crippen molar-refractivity contribution in [1.29, 1.82) is 0 Å². The molecule has 2 rings (SSSR count). The molecule has 23 heavy (non-hydrogen) atoms. The zero-order valence-electron chi connectivity index (χ0n) is 13.5. The third kappa shape index (κ3) is 4.33. The van der Waals surface area contributed by atoms with E-state index in [2.05, 4.69) is 4.98 Å². The molecule has 0 radical (unpaired) electrons. The molecule has 0 saturated heterocycles. The van der Waals surface area contributed by atoms with E-state index in [0.29, 0.717) is 23.5 Å². The van der Waals surface area contributed by atoms with Gasteiger partial charge in [-0.2, -0.15) is 4.73 Å². The Balaban J connectivity index is 2.37. The largest absolute Gasteiger partial charge is 0.617 e. The lowest BCUT2D eigenvalue weighted by Crippen LogP contribution is -2.37. The minimum atomic E-state index is -0.949. The second-order valence-electron chi connectivity index (χ2n) is 5.88. The molecule has 2 aromatic rings. The van der Waals surface area contributed by atoms with Crippen LogP contribution in [0.3, 0.4) is 0 Å². The molecule has 0 saturated carbocycles. The van der Waals surface area contributed by atoms with E-state index in [1.807, 2.05) is 44.2 Å². The Morgan fingerprint density at radius 1 is 1.26 bits per heavy atom. The minimum absolute atomic E-state index is 0.109. The topological polar surface area (TPSA) is 69.3 Å². The molecule has 124 valence electrons. The van der Waals surface area contributed by atoms with Crippen molar-refractivity contribution in [2.24, 2.45) is 5.92 Å². The summed E-state index contributed by atoms with van der Waals surface area (Å²) in [5, 5.41) is 22.1. The number of aliphatic hydroxyl groups excluding tert-OH is 1. The van der Waals surface area contributed by atoms with Crippen molar-refractivity contribution in [1.82, 2.24) is 4.98 Å². The van der Waals surface area contributed by atoms with Gasteiger partial charge in [-0.1, -0.05) is 44.2 Å². The van der Waals surface area contributed by atoms with E-state index in [4.69, 9.17) is 16.3 Å². The average molecular weight is 337 g/mol. The third-order valence-electron chi connectivity index (χ3n) is 3.32. The number of aliphatic hydroxyl groups is 1. The van der Waals surface area contributed by atoms with Gasteiger partial charge in [-0.15, -0.1) is 0 Å². The molecule has 0 aliphatic carbocycles. The van der Waals surface area contributed by atoms with Gasteiger partial charge in [-0.25, -0.2) is 4.98 Å². The molecule has 1 N–H and O–H groups in total. The van der Waals surface area contributed by atoms with E-state index in [9.17, 15) is 10.3 Å². The molecule has 0 fully saturated rings. The van der Waals surface area contributed by atoms with Crippen molar-refractivity contribution in [3.8, 4) is 5.88 Å². The lowest BCUT2D eigenvalue weighted by atomic mass is 10.1. The van der Waals surface area contributed by atoms with Crippen molar-refractivity contribution >= 4 is 11.6 Å². The first-order valence-corrected chi connectivity index (χ1v) is 7.94. The highest BCUT2D eigenvalue weighted by molar-refractivity contribution is 6.29. The summed E-state index contributed by atoms with van der Waals surface area (Å²) >= 11 is 6.04. The molecule has 5 nitrogen and oxygen atoms in total. The zero-order chi connectivity index (χ0) is 17.0. The highest BCUT2D eigenvalue weighted by atomic mass is 35.5. The van der Waals surface area contributed by atoms with E-state index < -0.39 is 6.10 Å². The first-order chi connectivity index (χ1) is 10.9. The standard InChI is InChI=1S/C17H21ClN2O3/c1-11(2)9-14-17(23-10-13-7-5-4-6-8-13)19-15(12(3)21)16(18)20(14)22/h4-8,11-12,21H,9-10H2,1-3H3. The van der Waals surface area contributed by atoms with Gasteiger partial charge in [0.05, 0.1) is 0 Å². The van der Waals surface area contributed by atoms with Crippen molar-refractivity contribution in [2.75, 3.05) is 0 Å². The summed E-state index contributed by atoms with van der Waals surface area (Å²) in [4.78, 5) is 4.28. The first-order valence-electron chi connectivity index (χ1n) is 7.56. The van der Waals surface area contributed by atoms with Crippen molar-refractivity contribution in [3.05, 3.63) is 57.6 Å². The van der Waals surface area contributed by atoms with E-state index in [1.165, 1.54) is 6.92 Å². The van der Waals surface area contributed by atoms with E-state index in [0.717, 1.165) is 5.56 Å². The number of hydrogen-bond donors (Lipinski definition) is 1. The molecule has 0 bridgehead atoms. The smallest absolute Gasteiger partial charge is 0.311 e. The van der Waals surface area contributed by atoms with Gasteiger partial charge in [-0.3, -0.25) is 0 Å². The predicted octanol–water partition coefficient (Wildman–Crippen LogP) is 3.20. The maximum atomic E-state index is 12.4. The normalized spacial score (nSPS) is 12.4. The van der Waals surface area contributed by atoms with Gasteiger partial charge < -0.3 is 15.1 Å². The van der Waals surface area contributed by atoms with Crippen LogP contribution in [-0.2, 0) is 13.0 Å². The number of rotatable bonds is 6. The number of hydrogen-bond acceptors (Lipinski definition) is 4. The Morgan fingerprint density at radius 2 is 1.91 bits per heavy atom. The van der Waals surface area contributed by atoms with Crippen molar-refractivity contribution in [2.45, 2.75) is 39.9 Å². The van der Waals surface area contributed by atoms with Crippen molar-refractivity contribution < 1.29 is 14.6 Å². The van der Waals surface area contributed by atoms with E-state index >= 15 is 0 Å². The number of benzene rings is 1. The fraction of sp³-hybridized carbons (Fsp3) is 0.412. The second-order valence-corrected chi connectivity index (χ2v) is 6.24. The molecular formula is C17H21ClN2O3. The highest BCUT2D eigenvalue weighted by Crippen LogP contribution is 2.25. The third-order valence-corrected chi connectivity index (χ3v) is 3.67. The fourth-order valence-electron chi connectivity index (χ4n) is 2.19. The monoisotopic (exact) mass is 336 g/mol. The minimum Gasteiger partial charge on any atom is -0.617 e. The van der Waals surface area contributed by atoms with Crippen molar-refractivity contribution in [3.63, 3.8) is 0 Å². The summed E-state index contributed by atoms with van der Waals surface area (Å²) in [6.45, 7) is 5.80. The molecule has 0 aliphatic heterocycles. The Labute approximate surface area is 141 Å². The quantitative estimate of drug-likeness (QED) is 0.649. The number of nitrogens with zero attached hydrogens (tertiary/aromatic N) is 2. The summed E-state index contributed by atoms with van der Waals surface area (Å²) < 4.78 is 6.36. The Bertz CT molecular complexity index is 661. The lowest BCUT2D eigenvalue weighted by Gasteiger charge is -2.16. The number of aromatic nitrogens is 2. The Kier molecular flexibility index (Phi) is 5.80. The van der Waals surface area contributed by atoms with Crippen LogP contribution >= 0.6 is 11.6 Å². The molecule has 1 aromatic carbocycles. The highest BCUT2D eigenvalue weighted by Gasteiger charge is 2.27. The second kappa shape index (κ2) is 7.62. The molecule has 1 unspecified atom stereocenters. The Morgan fingerprint density at radius 3 is 2.48 bits per heavy atom. The summed E-state index contributed by atoms with van der Waals surface area (Å²) in [5.41, 5.74) is 1.47. The van der Waals surface area contributed by atoms with Crippen LogP contribution in [0.2, 0.25) is 5.15 Å². The predicted molar refractivity (Wildman–Crippen MR) is 88.2 cm³/mol. The van der Waals surface area contributed by atoms with Crippen LogP contribution in [0.1, 0.15) is 43.8 Å². The van der Waals surface area contributed by atoms with Crippen LogP contribution in [0.5, 0.6) is 5.88 Å². The maximum absolute atomic E-state index is 12.4. The van der Waals surface area contributed by atoms with Gasteiger partial charge in [0.2, 0.25) is 0 Å². The number of ether oxygens (including phenoxy) is 1. The molecule has 6 heteroatoms. The molecule has 0 amide bonds. The van der Waals surface area contributed by atoms with Gasteiger partial charge in [0.15, 0.2) is 5.69 Å². The summed E-state index contributed by atoms with van der Waals surface area (Å²) in [5.74, 6) is 0.461. The van der Waals surface area contributed by atoms with Gasteiger partial charge in [0, 0.05) is 6.42 Å². The van der Waals surface area contributed by atoms with Crippen LogP contribution in [0.15, 0.2) is 30.3 Å². The van der Waals surface area contributed by atoms with Gasteiger partial charge in [0.25, 0.3) is 11.6 Å². The summed E-state index contributed by atoms with van der Waals surface area (Å²) in [6, 6.07) is 9.61. The summed E-state index contributed by atoms with van der Waals surface area (Å²) in [7, 11) is 0. The lowest BCUT2D eigenvalue weighted by molar-refractivity contribution is -0.613. The number of halogens is 1. The SMILES string of the molecule is CC(C)Cc1c(OCc2ccccc2)nc(C(C)O)c(Cl)[n+]1[O-]. The molecule has 1 heterocycles. The average Bonchev–Trinajstić information content (AvgIpc) is 2.51. The van der Waals surface area contributed by atoms with Crippen LogP contribution in [0, 0.1) is 11.1 Å². The van der Waals surface area contributed by atoms with Crippen LogP contribution in [-0.4, -0.2) is 10.1 Å². The van der Waals surface area contributed by atoms with Gasteiger partial charge in [-0.05, 0) is 30.0 Å². The van der Waals surface area contributed by atoms with Gasteiger partial charge in [0.1, 0.15) is 12.7 Å². The zero-order valence-corrected chi connectivity index (χ0v) is 14.2. The first kappa shape index (κ1) is 17.5. The van der Waals surface area contributed by atoms with Crippen LogP contribution in [0.25, 0.3) is 0 Å². The van der Waals surface area contributed by atoms with E-state index in [-0.39, 0.29) is 22.6 Å². The van der Waals surface area contributed by atoms with E-state index in [1.54, 1.807) is 0 Å². The van der Waals surface area contributed by atoms with Crippen LogP contribution in [0.4, 0.5) is 0 Å². The van der Waals surface area contributed by atoms with Gasteiger partial charge >= 0.3 is 5.15 Å². The molecule has 1 atom stereocenters. The molecular weight excluding hydrogens is 316 g/mol.